The molecule has 1 fully saturated rings. The van der Waals surface area contributed by atoms with Crippen LogP contribution in [0.3, 0.4) is 0 Å². The van der Waals surface area contributed by atoms with Crippen molar-refractivity contribution in [2.24, 2.45) is 17.8 Å². The van der Waals surface area contributed by atoms with E-state index in [-0.39, 0.29) is 5.92 Å². The Morgan fingerprint density at radius 3 is 2.72 bits per heavy atom. The van der Waals surface area contributed by atoms with Gasteiger partial charge in [0.2, 0.25) is 0 Å². The molecule has 0 N–H and O–H groups in total. The minimum Gasteiger partial charge on any atom is -0.299 e. The van der Waals surface area contributed by atoms with E-state index in [1.54, 1.807) is 0 Å². The molecule has 1 aromatic rings. The number of benzene rings is 1. The molecule has 0 saturated heterocycles. The van der Waals surface area contributed by atoms with Gasteiger partial charge in [0, 0.05) is 17.4 Å². The minimum atomic E-state index is 0.259. The number of hydrogen-bond acceptors (Lipinski definition) is 1. The van der Waals surface area contributed by atoms with Crippen molar-refractivity contribution >= 4 is 17.4 Å². The van der Waals surface area contributed by atoms with Crippen molar-refractivity contribution in [2.75, 3.05) is 0 Å². The molecule has 0 bridgehead atoms. The average Bonchev–Trinajstić information content (AvgIpc) is 2.32. The smallest absolute Gasteiger partial charge is 0.140 e. The third-order valence-corrected chi connectivity index (χ3v) is 4.56. The van der Waals surface area contributed by atoms with E-state index in [4.69, 9.17) is 11.6 Å². The largest absolute Gasteiger partial charge is 0.299 e. The Labute approximate surface area is 115 Å². The molecule has 0 amide bonds. The van der Waals surface area contributed by atoms with Crippen LogP contribution in [0.1, 0.15) is 38.7 Å². The summed E-state index contributed by atoms with van der Waals surface area (Å²) < 4.78 is 0. The van der Waals surface area contributed by atoms with Crippen molar-refractivity contribution in [3.05, 3.63) is 34.9 Å². The summed E-state index contributed by atoms with van der Waals surface area (Å²) in [4.78, 5) is 12.3. The molecular formula is C16H21ClO. The Hall–Kier alpha value is -0.820. The molecule has 2 heteroatoms. The molecule has 1 saturated carbocycles. The van der Waals surface area contributed by atoms with Gasteiger partial charge in [-0.1, -0.05) is 37.6 Å². The van der Waals surface area contributed by atoms with Crippen LogP contribution in [0.2, 0.25) is 5.02 Å². The molecule has 1 aliphatic rings. The van der Waals surface area contributed by atoms with E-state index in [0.29, 0.717) is 23.1 Å². The van der Waals surface area contributed by atoms with Crippen LogP contribution >= 0.6 is 11.6 Å². The molecule has 18 heavy (non-hydrogen) atoms. The lowest BCUT2D eigenvalue weighted by Gasteiger charge is -2.31. The van der Waals surface area contributed by atoms with Crippen LogP contribution in [0, 0.1) is 17.8 Å². The summed E-state index contributed by atoms with van der Waals surface area (Å²) >= 11 is 5.95. The van der Waals surface area contributed by atoms with Crippen molar-refractivity contribution < 1.29 is 4.79 Å². The molecule has 1 nitrogen and oxygen atoms in total. The first kappa shape index (κ1) is 13.6. The van der Waals surface area contributed by atoms with Gasteiger partial charge >= 0.3 is 0 Å². The van der Waals surface area contributed by atoms with Gasteiger partial charge in [0.1, 0.15) is 5.78 Å². The van der Waals surface area contributed by atoms with Crippen LogP contribution in [0.4, 0.5) is 0 Å². The zero-order valence-electron chi connectivity index (χ0n) is 11.2. The summed E-state index contributed by atoms with van der Waals surface area (Å²) in [6.45, 7) is 4.56. The summed E-state index contributed by atoms with van der Waals surface area (Å²) in [5.74, 6) is 2.08. The number of Topliss-reactive ketones (excluding diaryl/α,β-unsaturated/α-hetero) is 1. The quantitative estimate of drug-likeness (QED) is 0.784. The van der Waals surface area contributed by atoms with Gasteiger partial charge in [0.15, 0.2) is 0 Å². The Morgan fingerprint density at radius 1 is 1.28 bits per heavy atom. The summed E-state index contributed by atoms with van der Waals surface area (Å²) in [7, 11) is 0. The molecular weight excluding hydrogens is 244 g/mol. The number of carbonyl (C=O) groups is 1. The highest BCUT2D eigenvalue weighted by Gasteiger charge is 2.28. The maximum atomic E-state index is 12.3. The lowest BCUT2D eigenvalue weighted by Crippen LogP contribution is -2.27. The molecule has 0 spiro atoms. The summed E-state index contributed by atoms with van der Waals surface area (Å²) in [6.07, 6.45) is 3.84. The second-order valence-electron chi connectivity index (χ2n) is 5.74. The maximum absolute atomic E-state index is 12.3. The van der Waals surface area contributed by atoms with Crippen molar-refractivity contribution in [2.45, 2.75) is 39.5 Å². The fourth-order valence-corrected chi connectivity index (χ4v) is 3.05. The normalized spacial score (nSPS) is 28.1. The molecule has 0 aliphatic heterocycles. The van der Waals surface area contributed by atoms with Gasteiger partial charge in [-0.2, -0.15) is 0 Å². The first-order valence-electron chi connectivity index (χ1n) is 6.83. The Bertz CT molecular complexity index is 427. The van der Waals surface area contributed by atoms with E-state index >= 15 is 0 Å². The van der Waals surface area contributed by atoms with E-state index in [1.165, 1.54) is 6.42 Å². The van der Waals surface area contributed by atoms with Gasteiger partial charge in [0.25, 0.3) is 0 Å². The number of rotatable bonds is 3. The Kier molecular flexibility index (Phi) is 4.45. The van der Waals surface area contributed by atoms with Crippen LogP contribution in [-0.4, -0.2) is 5.78 Å². The van der Waals surface area contributed by atoms with Crippen molar-refractivity contribution in [3.63, 3.8) is 0 Å². The molecule has 0 radical (unpaired) electrons. The highest BCUT2D eigenvalue weighted by Crippen LogP contribution is 2.34. The minimum absolute atomic E-state index is 0.259. The molecule has 3 atom stereocenters. The fourth-order valence-electron chi connectivity index (χ4n) is 2.83. The molecule has 1 aliphatic carbocycles. The van der Waals surface area contributed by atoms with Crippen molar-refractivity contribution in [3.8, 4) is 0 Å². The van der Waals surface area contributed by atoms with Gasteiger partial charge in [-0.25, -0.2) is 0 Å². The SMILES string of the molecule is CC1CCC(C(=O)Cc2cccc(Cl)c2)CC1C. The molecule has 0 aromatic heterocycles. The van der Waals surface area contributed by atoms with Gasteiger partial charge in [0.05, 0.1) is 0 Å². The first-order valence-corrected chi connectivity index (χ1v) is 7.21. The predicted molar refractivity (Wildman–Crippen MR) is 75.8 cm³/mol. The van der Waals surface area contributed by atoms with Crippen LogP contribution < -0.4 is 0 Å². The monoisotopic (exact) mass is 264 g/mol. The summed E-state index contributed by atoms with van der Waals surface area (Å²) in [6, 6.07) is 7.64. The summed E-state index contributed by atoms with van der Waals surface area (Å²) in [5.41, 5.74) is 1.04. The molecule has 98 valence electrons. The zero-order chi connectivity index (χ0) is 13.1. The third-order valence-electron chi connectivity index (χ3n) is 4.32. The number of hydrogen-bond donors (Lipinski definition) is 0. The van der Waals surface area contributed by atoms with Crippen LogP contribution in [0.25, 0.3) is 0 Å². The molecule has 3 unspecified atom stereocenters. The zero-order valence-corrected chi connectivity index (χ0v) is 11.9. The number of carbonyl (C=O) groups excluding carboxylic acids is 1. The number of ketones is 1. The van der Waals surface area contributed by atoms with E-state index in [1.807, 2.05) is 24.3 Å². The lowest BCUT2D eigenvalue weighted by atomic mass is 9.73. The topological polar surface area (TPSA) is 17.1 Å². The second-order valence-corrected chi connectivity index (χ2v) is 6.17. The van der Waals surface area contributed by atoms with Gasteiger partial charge in [-0.15, -0.1) is 0 Å². The van der Waals surface area contributed by atoms with E-state index in [9.17, 15) is 4.79 Å². The third kappa shape index (κ3) is 3.35. The van der Waals surface area contributed by atoms with Crippen LogP contribution in [0.15, 0.2) is 24.3 Å². The highest BCUT2D eigenvalue weighted by molar-refractivity contribution is 6.30. The molecule has 2 rings (SSSR count). The Balaban J connectivity index is 1.96. The number of halogens is 1. The predicted octanol–water partition coefficient (Wildman–Crippen LogP) is 4.52. The standard InChI is InChI=1S/C16H21ClO/c1-11-6-7-14(8-12(11)2)16(18)10-13-4-3-5-15(17)9-13/h3-5,9,11-12,14H,6-8,10H2,1-2H3. The highest BCUT2D eigenvalue weighted by atomic mass is 35.5. The Morgan fingerprint density at radius 2 is 2.06 bits per heavy atom. The van der Waals surface area contributed by atoms with E-state index < -0.39 is 0 Å². The van der Waals surface area contributed by atoms with Gasteiger partial charge in [-0.05, 0) is 48.8 Å². The maximum Gasteiger partial charge on any atom is 0.140 e. The van der Waals surface area contributed by atoms with Gasteiger partial charge in [-0.3, -0.25) is 4.79 Å². The van der Waals surface area contributed by atoms with E-state index in [2.05, 4.69) is 13.8 Å². The molecule has 1 aromatic carbocycles. The fraction of sp³-hybridized carbons (Fsp3) is 0.562. The lowest BCUT2D eigenvalue weighted by molar-refractivity contribution is -0.123. The average molecular weight is 265 g/mol. The van der Waals surface area contributed by atoms with Crippen molar-refractivity contribution in [1.29, 1.82) is 0 Å². The van der Waals surface area contributed by atoms with Crippen LogP contribution in [0.5, 0.6) is 0 Å². The first-order chi connectivity index (χ1) is 8.56. The van der Waals surface area contributed by atoms with Gasteiger partial charge < -0.3 is 0 Å². The van der Waals surface area contributed by atoms with Crippen molar-refractivity contribution in [1.82, 2.24) is 0 Å². The van der Waals surface area contributed by atoms with Crippen LogP contribution in [-0.2, 0) is 11.2 Å². The second kappa shape index (κ2) is 5.88. The molecule has 0 heterocycles. The summed E-state index contributed by atoms with van der Waals surface area (Å²) in [5, 5.41) is 0.714. The van der Waals surface area contributed by atoms with E-state index in [0.717, 1.165) is 24.3 Å².